The number of esters is 1. The van der Waals surface area contributed by atoms with Crippen molar-refractivity contribution in [1.82, 2.24) is 4.98 Å². The molecule has 6 nitrogen and oxygen atoms in total. The number of carbonyl (C=O) groups excluding carboxylic acids is 1. The summed E-state index contributed by atoms with van der Waals surface area (Å²) in [5.41, 5.74) is 5.20. The van der Waals surface area contributed by atoms with E-state index >= 15 is 0 Å². The molecule has 0 aliphatic heterocycles. The first-order valence-electron chi connectivity index (χ1n) is 9.52. The lowest BCUT2D eigenvalue weighted by atomic mass is 10.2. The number of benzene rings is 3. The lowest BCUT2D eigenvalue weighted by Crippen LogP contribution is -2.11. The Morgan fingerprint density at radius 1 is 1.13 bits per heavy atom. The van der Waals surface area contributed by atoms with Gasteiger partial charge in [0.2, 0.25) is 5.13 Å². The van der Waals surface area contributed by atoms with Crippen molar-refractivity contribution in [3.05, 3.63) is 81.4 Å². The van der Waals surface area contributed by atoms with Gasteiger partial charge in [0.15, 0.2) is 11.5 Å². The zero-order valence-electron chi connectivity index (χ0n) is 16.5. The van der Waals surface area contributed by atoms with Gasteiger partial charge in [-0.05, 0) is 77.5 Å². The number of hydrogen-bond donors (Lipinski definition) is 1. The highest BCUT2D eigenvalue weighted by atomic mass is 127. The van der Waals surface area contributed by atoms with Crippen LogP contribution in [0.5, 0.6) is 11.5 Å². The van der Waals surface area contributed by atoms with Crippen LogP contribution < -0.4 is 14.9 Å². The normalized spacial score (nSPS) is 11.0. The van der Waals surface area contributed by atoms with Crippen molar-refractivity contribution in [2.45, 2.75) is 6.92 Å². The summed E-state index contributed by atoms with van der Waals surface area (Å²) >= 11 is 3.65. The summed E-state index contributed by atoms with van der Waals surface area (Å²) in [6.07, 6.45) is 1.67. The summed E-state index contributed by atoms with van der Waals surface area (Å²) in [6.45, 7) is 2.32. The molecule has 31 heavy (non-hydrogen) atoms. The number of fused-ring (bicyclic) bond motifs is 1. The highest BCUT2D eigenvalue weighted by molar-refractivity contribution is 14.1. The third-order valence-corrected chi connectivity index (χ3v) is 6.11. The first-order chi connectivity index (χ1) is 15.1. The van der Waals surface area contributed by atoms with Gasteiger partial charge in [0.05, 0.1) is 28.6 Å². The molecule has 0 saturated heterocycles. The Balaban J connectivity index is 1.49. The Labute approximate surface area is 197 Å². The molecule has 8 heteroatoms. The molecular weight excluding hydrogens is 525 g/mol. The first kappa shape index (κ1) is 21.3. The average Bonchev–Trinajstić information content (AvgIpc) is 3.19. The van der Waals surface area contributed by atoms with Crippen molar-refractivity contribution < 1.29 is 14.3 Å². The van der Waals surface area contributed by atoms with Gasteiger partial charge < -0.3 is 9.47 Å². The van der Waals surface area contributed by atoms with Crippen LogP contribution in [0.1, 0.15) is 22.8 Å². The van der Waals surface area contributed by atoms with E-state index in [4.69, 9.17) is 9.47 Å². The minimum absolute atomic E-state index is 0.364. The molecule has 3 aromatic carbocycles. The molecule has 1 N–H and O–H groups in total. The Morgan fingerprint density at radius 3 is 2.74 bits per heavy atom. The smallest absolute Gasteiger partial charge is 0.344 e. The standard InChI is InChI=1S/C23H18IN3O3S/c1-2-29-20-13-15(14-25-27-23-26-18-9-5-6-10-21(18)31-23)11-12-19(20)30-22(28)16-7-3-4-8-17(16)24/h3-14H,2H2,1H3,(H,26,27)/b25-14-. The van der Waals surface area contributed by atoms with Crippen LogP contribution in [0, 0.1) is 3.57 Å². The number of anilines is 1. The number of rotatable bonds is 7. The van der Waals surface area contributed by atoms with Crippen LogP contribution in [-0.4, -0.2) is 23.8 Å². The summed E-state index contributed by atoms with van der Waals surface area (Å²) in [4.78, 5) is 17.0. The third-order valence-electron chi connectivity index (χ3n) is 4.23. The van der Waals surface area contributed by atoms with Crippen molar-refractivity contribution in [3.8, 4) is 11.5 Å². The van der Waals surface area contributed by atoms with E-state index in [9.17, 15) is 4.79 Å². The number of hydrazone groups is 1. The number of para-hydroxylation sites is 1. The molecule has 0 saturated carbocycles. The van der Waals surface area contributed by atoms with Crippen LogP contribution in [0.2, 0.25) is 0 Å². The number of thiazole rings is 1. The maximum Gasteiger partial charge on any atom is 0.344 e. The molecule has 0 aliphatic carbocycles. The van der Waals surface area contributed by atoms with Crippen LogP contribution in [0.3, 0.4) is 0 Å². The zero-order valence-corrected chi connectivity index (χ0v) is 19.5. The van der Waals surface area contributed by atoms with Crippen molar-refractivity contribution in [1.29, 1.82) is 0 Å². The van der Waals surface area contributed by atoms with Gasteiger partial charge in [0.1, 0.15) is 0 Å². The third kappa shape index (κ3) is 5.20. The zero-order chi connectivity index (χ0) is 21.6. The number of nitrogens with zero attached hydrogens (tertiary/aromatic N) is 2. The summed E-state index contributed by atoms with van der Waals surface area (Å²) in [5.74, 6) is 0.415. The molecule has 4 rings (SSSR count). The fourth-order valence-corrected chi connectivity index (χ4v) is 4.24. The van der Waals surface area contributed by atoms with Gasteiger partial charge in [-0.15, -0.1) is 0 Å². The van der Waals surface area contributed by atoms with Gasteiger partial charge in [-0.2, -0.15) is 5.10 Å². The predicted molar refractivity (Wildman–Crippen MR) is 133 cm³/mol. The van der Waals surface area contributed by atoms with Gasteiger partial charge in [-0.1, -0.05) is 35.6 Å². The molecule has 4 aromatic rings. The minimum Gasteiger partial charge on any atom is -0.490 e. The molecular formula is C23H18IN3O3S. The highest BCUT2D eigenvalue weighted by Gasteiger charge is 2.15. The van der Waals surface area contributed by atoms with Gasteiger partial charge in [-0.25, -0.2) is 9.78 Å². The summed E-state index contributed by atoms with van der Waals surface area (Å²) in [6, 6.07) is 20.5. The Bertz CT molecular complexity index is 1220. The number of halogens is 1. The SMILES string of the molecule is CCOc1cc(/C=N\Nc2nc3ccccc3s2)ccc1OC(=O)c1ccccc1I. The molecule has 0 unspecified atom stereocenters. The molecule has 0 fully saturated rings. The molecule has 1 aromatic heterocycles. The van der Waals surface area contributed by atoms with Crippen LogP contribution >= 0.6 is 33.9 Å². The number of carbonyl (C=O) groups is 1. The molecule has 0 bridgehead atoms. The largest absolute Gasteiger partial charge is 0.490 e. The fourth-order valence-electron chi connectivity index (χ4n) is 2.82. The van der Waals surface area contributed by atoms with Gasteiger partial charge >= 0.3 is 5.97 Å². The van der Waals surface area contributed by atoms with E-state index in [1.54, 1.807) is 30.5 Å². The van der Waals surface area contributed by atoms with Crippen molar-refractivity contribution in [2.75, 3.05) is 12.0 Å². The van der Waals surface area contributed by atoms with Crippen molar-refractivity contribution in [3.63, 3.8) is 0 Å². The lowest BCUT2D eigenvalue weighted by Gasteiger charge is -2.12. The van der Waals surface area contributed by atoms with Crippen LogP contribution in [0.4, 0.5) is 5.13 Å². The monoisotopic (exact) mass is 543 g/mol. The number of ether oxygens (including phenoxy) is 2. The predicted octanol–water partition coefficient (Wildman–Crippen LogP) is 5.96. The number of nitrogens with one attached hydrogen (secondary N) is 1. The molecule has 0 spiro atoms. The first-order valence-corrected chi connectivity index (χ1v) is 11.4. The number of hydrogen-bond acceptors (Lipinski definition) is 7. The van der Waals surface area contributed by atoms with E-state index in [1.165, 1.54) is 11.3 Å². The van der Waals surface area contributed by atoms with E-state index < -0.39 is 5.97 Å². The second-order valence-corrected chi connectivity index (χ2v) is 8.56. The van der Waals surface area contributed by atoms with Gasteiger partial charge in [0.25, 0.3) is 0 Å². The summed E-state index contributed by atoms with van der Waals surface area (Å²) in [7, 11) is 0. The lowest BCUT2D eigenvalue weighted by molar-refractivity contribution is 0.0727. The topological polar surface area (TPSA) is 72.8 Å². The maximum absolute atomic E-state index is 12.6. The Morgan fingerprint density at radius 2 is 1.94 bits per heavy atom. The van der Waals surface area contributed by atoms with E-state index in [-0.39, 0.29) is 0 Å². The Hall–Kier alpha value is -2.98. The highest BCUT2D eigenvalue weighted by Crippen LogP contribution is 2.30. The number of aromatic nitrogens is 1. The Kier molecular flexibility index (Phi) is 6.78. The van der Waals surface area contributed by atoms with Gasteiger partial charge in [-0.3, -0.25) is 5.43 Å². The van der Waals surface area contributed by atoms with Crippen molar-refractivity contribution >= 4 is 61.5 Å². The molecule has 0 radical (unpaired) electrons. The molecule has 1 heterocycles. The van der Waals surface area contributed by atoms with E-state index in [1.807, 2.05) is 49.4 Å². The van der Waals surface area contributed by atoms with Crippen LogP contribution in [-0.2, 0) is 0 Å². The molecule has 0 atom stereocenters. The minimum atomic E-state index is -0.426. The second-order valence-electron chi connectivity index (χ2n) is 6.37. The second kappa shape index (κ2) is 9.88. The van der Waals surface area contributed by atoms with E-state index in [2.05, 4.69) is 38.1 Å². The van der Waals surface area contributed by atoms with Crippen LogP contribution in [0.25, 0.3) is 10.2 Å². The summed E-state index contributed by atoms with van der Waals surface area (Å²) < 4.78 is 13.2. The van der Waals surface area contributed by atoms with Crippen LogP contribution in [0.15, 0.2) is 71.8 Å². The van der Waals surface area contributed by atoms with E-state index in [0.29, 0.717) is 28.8 Å². The molecule has 156 valence electrons. The van der Waals surface area contributed by atoms with Crippen molar-refractivity contribution in [2.24, 2.45) is 5.10 Å². The summed E-state index contributed by atoms with van der Waals surface area (Å²) in [5, 5.41) is 4.98. The van der Waals surface area contributed by atoms with E-state index in [0.717, 1.165) is 19.4 Å². The fraction of sp³-hybridized carbons (Fsp3) is 0.0870. The molecule has 0 amide bonds. The maximum atomic E-state index is 12.6. The average molecular weight is 543 g/mol. The quantitative estimate of drug-likeness (QED) is 0.102. The molecule has 0 aliphatic rings. The van der Waals surface area contributed by atoms with Gasteiger partial charge in [0, 0.05) is 3.57 Å².